The van der Waals surface area contributed by atoms with Crippen molar-refractivity contribution in [1.29, 1.82) is 0 Å². The van der Waals surface area contributed by atoms with Crippen molar-refractivity contribution in [2.45, 2.75) is 12.3 Å². The maximum atomic E-state index is 11.1. The highest BCUT2D eigenvalue weighted by Crippen LogP contribution is 2.37. The molecule has 0 spiro atoms. The zero-order valence-electron chi connectivity index (χ0n) is 11.4. The van der Waals surface area contributed by atoms with E-state index in [0.717, 1.165) is 18.7 Å². The van der Waals surface area contributed by atoms with Gasteiger partial charge in [-0.3, -0.25) is 5.01 Å². The van der Waals surface area contributed by atoms with E-state index in [-0.39, 0.29) is 0 Å². The molecule has 2 aliphatic rings. The molecule has 2 aromatic rings. The third-order valence-corrected chi connectivity index (χ3v) is 4.20. The van der Waals surface area contributed by atoms with Crippen LogP contribution in [-0.4, -0.2) is 23.3 Å². The van der Waals surface area contributed by atoms with E-state index in [0.29, 0.717) is 11.5 Å². The third kappa shape index (κ3) is 1.91. The fourth-order valence-corrected chi connectivity index (χ4v) is 3.17. The predicted octanol–water partition coefficient (Wildman–Crippen LogP) is 2.90. The zero-order chi connectivity index (χ0) is 14.4. The van der Waals surface area contributed by atoms with Crippen LogP contribution in [0.2, 0.25) is 0 Å². The smallest absolute Gasteiger partial charge is 0.335 e. The van der Waals surface area contributed by atoms with Gasteiger partial charge < -0.3 is 5.11 Å². The molecule has 4 nitrogen and oxygen atoms in total. The van der Waals surface area contributed by atoms with Gasteiger partial charge in [-0.2, -0.15) is 5.10 Å². The largest absolute Gasteiger partial charge is 0.478 e. The Morgan fingerprint density at radius 2 is 2.05 bits per heavy atom. The van der Waals surface area contributed by atoms with E-state index in [1.54, 1.807) is 18.2 Å². The zero-order valence-corrected chi connectivity index (χ0v) is 11.4. The molecule has 1 aliphatic carbocycles. The molecule has 0 amide bonds. The molecule has 0 radical (unpaired) electrons. The normalized spacial score (nSPS) is 19.1. The van der Waals surface area contributed by atoms with Crippen molar-refractivity contribution in [3.8, 4) is 0 Å². The minimum Gasteiger partial charge on any atom is -0.478 e. The van der Waals surface area contributed by atoms with Crippen molar-refractivity contribution in [3.63, 3.8) is 0 Å². The van der Waals surface area contributed by atoms with Crippen LogP contribution in [-0.2, 0) is 6.42 Å². The standard InChI is InChI=1S/C17H14N2O2/c20-17(21)12-5-3-6-13(8-12)19-10-15-14-7-2-1-4-11(14)9-16(15)18-19/h1-8,15H,9-10H2,(H,20,21). The summed E-state index contributed by atoms with van der Waals surface area (Å²) < 4.78 is 0. The van der Waals surface area contributed by atoms with Crippen molar-refractivity contribution in [3.05, 3.63) is 65.2 Å². The highest BCUT2D eigenvalue weighted by molar-refractivity contribution is 6.00. The van der Waals surface area contributed by atoms with Crippen LogP contribution >= 0.6 is 0 Å². The molecule has 0 saturated carbocycles. The number of rotatable bonds is 2. The molecule has 4 heteroatoms. The minimum absolute atomic E-state index is 0.296. The summed E-state index contributed by atoms with van der Waals surface area (Å²) in [5.41, 5.74) is 5.03. The molecule has 0 bridgehead atoms. The van der Waals surface area contributed by atoms with Crippen LogP contribution in [0.5, 0.6) is 0 Å². The predicted molar refractivity (Wildman–Crippen MR) is 81.1 cm³/mol. The van der Waals surface area contributed by atoms with E-state index < -0.39 is 5.97 Å². The first-order valence-electron chi connectivity index (χ1n) is 6.98. The number of carboxylic acid groups (broad SMARTS) is 1. The molecule has 0 aromatic heterocycles. The summed E-state index contributed by atoms with van der Waals surface area (Å²) in [6, 6.07) is 15.4. The first-order valence-corrected chi connectivity index (χ1v) is 6.98. The molecular weight excluding hydrogens is 264 g/mol. The third-order valence-electron chi connectivity index (χ3n) is 4.20. The topological polar surface area (TPSA) is 52.9 Å². The van der Waals surface area contributed by atoms with Crippen molar-refractivity contribution in [2.24, 2.45) is 5.10 Å². The molecular formula is C17H14N2O2. The van der Waals surface area contributed by atoms with E-state index in [4.69, 9.17) is 10.2 Å². The number of aromatic carboxylic acids is 1. The maximum Gasteiger partial charge on any atom is 0.335 e. The Bertz CT molecular complexity index is 767. The average molecular weight is 278 g/mol. The van der Waals surface area contributed by atoms with Gasteiger partial charge in [0.05, 0.1) is 23.5 Å². The van der Waals surface area contributed by atoms with E-state index in [1.165, 1.54) is 16.8 Å². The lowest BCUT2D eigenvalue weighted by molar-refractivity contribution is 0.0697. The molecule has 0 fully saturated rings. The summed E-state index contributed by atoms with van der Waals surface area (Å²) in [6.07, 6.45) is 0.899. The number of hydrogen-bond acceptors (Lipinski definition) is 3. The van der Waals surface area contributed by atoms with Crippen molar-refractivity contribution in [1.82, 2.24) is 0 Å². The Kier molecular flexibility index (Phi) is 2.57. The second-order valence-corrected chi connectivity index (χ2v) is 5.46. The summed E-state index contributed by atoms with van der Waals surface area (Å²) in [4.78, 5) is 11.1. The van der Waals surface area contributed by atoms with Gasteiger partial charge in [0.2, 0.25) is 0 Å². The highest BCUT2D eigenvalue weighted by Gasteiger charge is 2.35. The minimum atomic E-state index is -0.908. The van der Waals surface area contributed by atoms with Gasteiger partial charge in [0.25, 0.3) is 0 Å². The lowest BCUT2D eigenvalue weighted by atomic mass is 10.0. The van der Waals surface area contributed by atoms with Crippen LogP contribution in [0.3, 0.4) is 0 Å². The van der Waals surface area contributed by atoms with Crippen LogP contribution in [0.25, 0.3) is 0 Å². The number of anilines is 1. The number of hydrazone groups is 1. The lowest BCUT2D eigenvalue weighted by Crippen LogP contribution is -2.16. The molecule has 4 rings (SSSR count). The Morgan fingerprint density at radius 3 is 2.90 bits per heavy atom. The number of carboxylic acids is 1. The van der Waals surface area contributed by atoms with Gasteiger partial charge in [0.1, 0.15) is 0 Å². The van der Waals surface area contributed by atoms with Gasteiger partial charge in [0, 0.05) is 12.3 Å². The second-order valence-electron chi connectivity index (χ2n) is 5.46. The van der Waals surface area contributed by atoms with Crippen LogP contribution in [0.4, 0.5) is 5.69 Å². The number of hydrogen-bond donors (Lipinski definition) is 1. The SMILES string of the molecule is O=C(O)c1cccc(N2CC3C(=N2)Cc2ccccc23)c1. The number of benzene rings is 2. The fourth-order valence-electron chi connectivity index (χ4n) is 3.17. The Hall–Kier alpha value is -2.62. The van der Waals surface area contributed by atoms with E-state index in [2.05, 4.69) is 24.3 Å². The first kappa shape index (κ1) is 12.1. The van der Waals surface area contributed by atoms with Crippen molar-refractivity contribution >= 4 is 17.4 Å². The highest BCUT2D eigenvalue weighted by atomic mass is 16.4. The van der Waals surface area contributed by atoms with Gasteiger partial charge in [-0.15, -0.1) is 0 Å². The van der Waals surface area contributed by atoms with Gasteiger partial charge in [-0.05, 0) is 29.3 Å². The van der Waals surface area contributed by atoms with Crippen LogP contribution < -0.4 is 5.01 Å². The average Bonchev–Trinajstić information content (AvgIpc) is 3.05. The van der Waals surface area contributed by atoms with Gasteiger partial charge in [-0.25, -0.2) is 4.79 Å². The fraction of sp³-hybridized carbons (Fsp3) is 0.176. The maximum absolute atomic E-state index is 11.1. The Labute approximate surface area is 122 Å². The Balaban J connectivity index is 1.66. The molecule has 104 valence electrons. The van der Waals surface area contributed by atoms with Crippen LogP contribution in [0.15, 0.2) is 53.6 Å². The molecule has 0 saturated heterocycles. The van der Waals surface area contributed by atoms with E-state index in [1.807, 2.05) is 11.1 Å². The number of carbonyl (C=O) groups is 1. The molecule has 1 aliphatic heterocycles. The molecule has 2 aromatic carbocycles. The lowest BCUT2D eigenvalue weighted by Gasteiger charge is -2.16. The molecule has 1 N–H and O–H groups in total. The van der Waals surface area contributed by atoms with Crippen LogP contribution in [0, 0.1) is 0 Å². The monoisotopic (exact) mass is 278 g/mol. The number of nitrogens with zero attached hydrogens (tertiary/aromatic N) is 2. The molecule has 21 heavy (non-hydrogen) atoms. The summed E-state index contributed by atoms with van der Waals surface area (Å²) in [7, 11) is 0. The van der Waals surface area contributed by atoms with Gasteiger partial charge in [0.15, 0.2) is 0 Å². The van der Waals surface area contributed by atoms with Crippen LogP contribution in [0.1, 0.15) is 27.4 Å². The van der Waals surface area contributed by atoms with Gasteiger partial charge in [-0.1, -0.05) is 30.3 Å². The Morgan fingerprint density at radius 1 is 1.19 bits per heavy atom. The molecule has 1 atom stereocenters. The van der Waals surface area contributed by atoms with Gasteiger partial charge >= 0.3 is 5.97 Å². The summed E-state index contributed by atoms with van der Waals surface area (Å²) in [5.74, 6) is -0.566. The van der Waals surface area contributed by atoms with E-state index >= 15 is 0 Å². The molecule has 1 heterocycles. The summed E-state index contributed by atoms with van der Waals surface area (Å²) in [5, 5.41) is 15.7. The summed E-state index contributed by atoms with van der Waals surface area (Å²) in [6.45, 7) is 0.787. The first-order chi connectivity index (χ1) is 10.2. The second kappa shape index (κ2) is 4.45. The van der Waals surface area contributed by atoms with E-state index in [9.17, 15) is 4.79 Å². The van der Waals surface area contributed by atoms with Crippen molar-refractivity contribution in [2.75, 3.05) is 11.6 Å². The summed E-state index contributed by atoms with van der Waals surface area (Å²) >= 11 is 0. The molecule has 1 unspecified atom stereocenters. The van der Waals surface area contributed by atoms with Crippen molar-refractivity contribution < 1.29 is 9.90 Å². The number of fused-ring (bicyclic) bond motifs is 3. The quantitative estimate of drug-likeness (QED) is 0.919.